The lowest BCUT2D eigenvalue weighted by Gasteiger charge is -2.35. The fourth-order valence-electron chi connectivity index (χ4n) is 3.09. The highest BCUT2D eigenvalue weighted by Gasteiger charge is 2.43. The molecule has 2 saturated heterocycles. The molecule has 1 aromatic rings. The summed E-state index contributed by atoms with van der Waals surface area (Å²) in [6.07, 6.45) is 3.65. The van der Waals surface area contributed by atoms with Crippen LogP contribution in [0.1, 0.15) is 23.3 Å². The van der Waals surface area contributed by atoms with Crippen molar-refractivity contribution in [3.63, 3.8) is 0 Å². The Morgan fingerprint density at radius 2 is 2.32 bits per heavy atom. The third-order valence-corrected chi connectivity index (χ3v) is 4.49. The lowest BCUT2D eigenvalue weighted by Crippen LogP contribution is -2.49. The number of aryl methyl sites for hydroxylation is 1. The maximum atomic E-state index is 12.6. The summed E-state index contributed by atoms with van der Waals surface area (Å²) in [5.41, 5.74) is 0.659. The van der Waals surface area contributed by atoms with Gasteiger partial charge in [0.1, 0.15) is 5.69 Å². The number of piperidine rings is 1. The summed E-state index contributed by atoms with van der Waals surface area (Å²) in [4.78, 5) is 26.2. The lowest BCUT2D eigenvalue weighted by molar-refractivity contribution is -0.123. The van der Waals surface area contributed by atoms with Crippen molar-refractivity contribution in [2.75, 3.05) is 13.1 Å². The van der Waals surface area contributed by atoms with Crippen molar-refractivity contribution >= 4 is 27.7 Å². The molecule has 2 atom stereocenters. The highest BCUT2D eigenvalue weighted by Crippen LogP contribution is 2.29. The van der Waals surface area contributed by atoms with E-state index in [4.69, 9.17) is 0 Å². The average Bonchev–Trinajstić information content (AvgIpc) is 2.92. The molecule has 0 bridgehead atoms. The first-order valence-corrected chi connectivity index (χ1v) is 7.28. The number of nitrogens with one attached hydrogen (secondary N) is 1. The molecule has 3 rings (SSSR count). The number of amides is 2. The first-order valence-electron chi connectivity index (χ1n) is 6.48. The number of fused-ring (bicyclic) bond motifs is 1. The van der Waals surface area contributed by atoms with Crippen molar-refractivity contribution in [1.29, 1.82) is 0 Å². The topological polar surface area (TPSA) is 54.3 Å². The van der Waals surface area contributed by atoms with Crippen LogP contribution in [0.25, 0.3) is 0 Å². The molecule has 6 heteroatoms. The summed E-state index contributed by atoms with van der Waals surface area (Å²) in [5, 5.41) is 2.87. The lowest BCUT2D eigenvalue weighted by atomic mass is 9.91. The van der Waals surface area contributed by atoms with Crippen LogP contribution in [-0.2, 0) is 11.8 Å². The molecule has 2 aliphatic rings. The third-order valence-electron chi connectivity index (χ3n) is 4.05. The van der Waals surface area contributed by atoms with Gasteiger partial charge in [0.2, 0.25) is 5.91 Å². The van der Waals surface area contributed by atoms with Crippen LogP contribution >= 0.6 is 15.9 Å². The van der Waals surface area contributed by atoms with Crippen LogP contribution in [0.5, 0.6) is 0 Å². The Labute approximate surface area is 120 Å². The van der Waals surface area contributed by atoms with Crippen LogP contribution in [-0.4, -0.2) is 40.4 Å². The van der Waals surface area contributed by atoms with Gasteiger partial charge in [-0.2, -0.15) is 0 Å². The van der Waals surface area contributed by atoms with Crippen molar-refractivity contribution < 1.29 is 9.59 Å². The summed E-state index contributed by atoms with van der Waals surface area (Å²) >= 11 is 3.38. The highest BCUT2D eigenvalue weighted by atomic mass is 79.9. The van der Waals surface area contributed by atoms with Gasteiger partial charge in [0, 0.05) is 30.8 Å². The van der Waals surface area contributed by atoms with E-state index in [1.165, 1.54) is 0 Å². The van der Waals surface area contributed by atoms with Crippen LogP contribution in [0.3, 0.4) is 0 Å². The second-order valence-corrected chi connectivity index (χ2v) is 6.13. The van der Waals surface area contributed by atoms with E-state index in [0.29, 0.717) is 12.2 Å². The standard InChI is InChI=1S/C13H16BrN3O2/c1-16-7-8(14)5-10(16)13(19)17-4-2-3-9-11(17)6-15-12(9)18/h5,7,9,11H,2-4,6H2,1H3,(H,15,18). The number of hydrogen-bond donors (Lipinski definition) is 1. The zero-order valence-corrected chi connectivity index (χ0v) is 12.3. The van der Waals surface area contributed by atoms with Gasteiger partial charge in [0.25, 0.3) is 5.91 Å². The quantitative estimate of drug-likeness (QED) is 0.841. The maximum Gasteiger partial charge on any atom is 0.270 e. The van der Waals surface area contributed by atoms with Gasteiger partial charge >= 0.3 is 0 Å². The maximum absolute atomic E-state index is 12.6. The van der Waals surface area contributed by atoms with E-state index in [2.05, 4.69) is 21.2 Å². The highest BCUT2D eigenvalue weighted by molar-refractivity contribution is 9.10. The van der Waals surface area contributed by atoms with Gasteiger partial charge in [-0.15, -0.1) is 0 Å². The van der Waals surface area contributed by atoms with Crippen LogP contribution in [0, 0.1) is 5.92 Å². The number of hydrogen-bond acceptors (Lipinski definition) is 2. The van der Waals surface area contributed by atoms with Crippen molar-refractivity contribution in [3.05, 3.63) is 22.4 Å². The predicted molar refractivity (Wildman–Crippen MR) is 73.7 cm³/mol. The third kappa shape index (κ3) is 2.08. The normalized spacial score (nSPS) is 26.2. The van der Waals surface area contributed by atoms with Crippen molar-refractivity contribution in [2.24, 2.45) is 13.0 Å². The molecule has 19 heavy (non-hydrogen) atoms. The Morgan fingerprint density at radius 3 is 3.00 bits per heavy atom. The van der Waals surface area contributed by atoms with Gasteiger partial charge in [-0.1, -0.05) is 0 Å². The van der Waals surface area contributed by atoms with Crippen molar-refractivity contribution in [2.45, 2.75) is 18.9 Å². The smallest absolute Gasteiger partial charge is 0.270 e. The first-order chi connectivity index (χ1) is 9.08. The number of halogens is 1. The average molecular weight is 326 g/mol. The van der Waals surface area contributed by atoms with E-state index in [1.54, 1.807) is 0 Å². The van der Waals surface area contributed by atoms with E-state index < -0.39 is 0 Å². The molecule has 0 aliphatic carbocycles. The van der Waals surface area contributed by atoms with Crippen LogP contribution in [0.2, 0.25) is 0 Å². The number of carbonyl (C=O) groups is 2. The van der Waals surface area contributed by atoms with Crippen LogP contribution < -0.4 is 5.32 Å². The van der Waals surface area contributed by atoms with E-state index in [9.17, 15) is 9.59 Å². The summed E-state index contributed by atoms with van der Waals surface area (Å²) in [5.74, 6) is 0.0800. The fourth-order valence-corrected chi connectivity index (χ4v) is 3.61. The van der Waals surface area contributed by atoms with E-state index in [-0.39, 0.29) is 23.8 Å². The number of likely N-dealkylation sites (tertiary alicyclic amines) is 1. The summed E-state index contributed by atoms with van der Waals surface area (Å²) in [6, 6.07) is 1.85. The minimum absolute atomic E-state index is 0.0133. The van der Waals surface area contributed by atoms with Gasteiger partial charge in [-0.3, -0.25) is 9.59 Å². The summed E-state index contributed by atoms with van der Waals surface area (Å²) < 4.78 is 2.72. The monoisotopic (exact) mass is 325 g/mol. The zero-order valence-electron chi connectivity index (χ0n) is 10.7. The Kier molecular flexibility index (Phi) is 3.12. The minimum atomic E-state index is -0.0265. The Morgan fingerprint density at radius 1 is 1.53 bits per heavy atom. The molecule has 0 radical (unpaired) electrons. The molecule has 0 spiro atoms. The molecule has 3 heterocycles. The molecule has 0 saturated carbocycles. The zero-order chi connectivity index (χ0) is 13.6. The molecular formula is C13H16BrN3O2. The molecule has 1 aromatic heterocycles. The van der Waals surface area contributed by atoms with Crippen molar-refractivity contribution in [3.8, 4) is 0 Å². The molecule has 2 unspecified atom stereocenters. The van der Waals surface area contributed by atoms with Gasteiger partial charge in [0.05, 0.1) is 12.0 Å². The largest absolute Gasteiger partial charge is 0.354 e. The number of rotatable bonds is 1. The van der Waals surface area contributed by atoms with E-state index in [0.717, 1.165) is 23.9 Å². The van der Waals surface area contributed by atoms with E-state index >= 15 is 0 Å². The van der Waals surface area contributed by atoms with Crippen LogP contribution in [0.15, 0.2) is 16.7 Å². The van der Waals surface area contributed by atoms with E-state index in [1.807, 2.05) is 28.8 Å². The molecule has 2 amide bonds. The molecule has 1 N–H and O–H groups in total. The molecule has 2 fully saturated rings. The van der Waals surface area contributed by atoms with Gasteiger partial charge < -0.3 is 14.8 Å². The molecule has 2 aliphatic heterocycles. The van der Waals surface area contributed by atoms with Gasteiger partial charge in [0.15, 0.2) is 0 Å². The Bertz CT molecular complexity index is 540. The molecule has 5 nitrogen and oxygen atoms in total. The predicted octanol–water partition coefficient (Wildman–Crippen LogP) is 1.14. The number of nitrogens with zero attached hydrogens (tertiary/aromatic N) is 2. The second kappa shape index (κ2) is 4.67. The van der Waals surface area contributed by atoms with Gasteiger partial charge in [-0.25, -0.2) is 0 Å². The Hall–Kier alpha value is -1.30. The molecule has 0 aromatic carbocycles. The number of aromatic nitrogens is 1. The summed E-state index contributed by atoms with van der Waals surface area (Å²) in [6.45, 7) is 1.32. The van der Waals surface area contributed by atoms with Crippen LogP contribution in [0.4, 0.5) is 0 Å². The minimum Gasteiger partial charge on any atom is -0.354 e. The first kappa shape index (κ1) is 12.7. The number of carbonyl (C=O) groups excluding carboxylic acids is 2. The van der Waals surface area contributed by atoms with Gasteiger partial charge in [-0.05, 0) is 34.8 Å². The molecule has 102 valence electrons. The summed E-state index contributed by atoms with van der Waals surface area (Å²) in [7, 11) is 1.86. The molecular weight excluding hydrogens is 310 g/mol. The fraction of sp³-hybridized carbons (Fsp3) is 0.538. The van der Waals surface area contributed by atoms with Crippen molar-refractivity contribution in [1.82, 2.24) is 14.8 Å². The Balaban J connectivity index is 1.87. The SMILES string of the molecule is Cn1cc(Br)cc1C(=O)N1CCCC2C(=O)NCC21. The second-order valence-electron chi connectivity index (χ2n) is 5.21.